The molecule has 0 fully saturated rings. The van der Waals surface area contributed by atoms with E-state index in [0.717, 1.165) is 47.3 Å². The molecule has 0 atom stereocenters. The van der Waals surface area contributed by atoms with E-state index < -0.39 is 0 Å². The molecule has 0 bridgehead atoms. The Morgan fingerprint density at radius 2 is 2.43 bits per heavy atom. The lowest BCUT2D eigenvalue weighted by molar-refractivity contribution is 0.102. The van der Waals surface area contributed by atoms with Crippen LogP contribution in [0.3, 0.4) is 0 Å². The van der Waals surface area contributed by atoms with Crippen LogP contribution < -0.4 is 15.4 Å². The SMILES string of the molecule is CCc1nnsc1C(=O)Nc1ccc2c(c1)CNCCO2. The third-order valence-electron chi connectivity index (χ3n) is 3.27. The zero-order valence-corrected chi connectivity index (χ0v) is 12.5. The number of ether oxygens (including phenoxy) is 1. The third kappa shape index (κ3) is 3.03. The van der Waals surface area contributed by atoms with E-state index >= 15 is 0 Å². The molecule has 1 aliphatic rings. The molecule has 1 aliphatic heterocycles. The minimum Gasteiger partial charge on any atom is -0.492 e. The Morgan fingerprint density at radius 1 is 1.52 bits per heavy atom. The highest BCUT2D eigenvalue weighted by Crippen LogP contribution is 2.25. The summed E-state index contributed by atoms with van der Waals surface area (Å²) in [4.78, 5) is 12.8. The molecule has 0 aliphatic carbocycles. The van der Waals surface area contributed by atoms with Crippen molar-refractivity contribution in [2.45, 2.75) is 19.9 Å². The Kier molecular flexibility index (Phi) is 4.12. The fourth-order valence-corrected chi connectivity index (χ4v) is 2.84. The fourth-order valence-electron chi connectivity index (χ4n) is 2.19. The van der Waals surface area contributed by atoms with Crippen LogP contribution in [0.2, 0.25) is 0 Å². The first kappa shape index (κ1) is 14.0. The zero-order chi connectivity index (χ0) is 14.7. The molecule has 110 valence electrons. The van der Waals surface area contributed by atoms with E-state index in [9.17, 15) is 4.79 Å². The van der Waals surface area contributed by atoms with Crippen molar-refractivity contribution in [3.8, 4) is 5.75 Å². The van der Waals surface area contributed by atoms with Gasteiger partial charge in [0.05, 0.1) is 5.69 Å². The van der Waals surface area contributed by atoms with Crippen molar-refractivity contribution in [2.75, 3.05) is 18.5 Å². The standard InChI is InChI=1S/C14H16N4O2S/c1-2-11-13(21-18-17-11)14(19)16-10-3-4-12-9(7-10)8-15-5-6-20-12/h3-4,7,15H,2,5-6,8H2,1H3,(H,16,19). The van der Waals surface area contributed by atoms with E-state index in [1.54, 1.807) is 0 Å². The Bertz CT molecular complexity index is 656. The molecule has 2 N–H and O–H groups in total. The number of hydrogen-bond acceptors (Lipinski definition) is 6. The van der Waals surface area contributed by atoms with Crippen LogP contribution in [0.25, 0.3) is 0 Å². The first-order valence-electron chi connectivity index (χ1n) is 6.87. The molecule has 1 aromatic heterocycles. The first-order chi connectivity index (χ1) is 10.3. The quantitative estimate of drug-likeness (QED) is 0.905. The van der Waals surface area contributed by atoms with Crippen molar-refractivity contribution >= 4 is 23.1 Å². The summed E-state index contributed by atoms with van der Waals surface area (Å²) in [5, 5.41) is 10.1. The summed E-state index contributed by atoms with van der Waals surface area (Å²) < 4.78 is 9.46. The topological polar surface area (TPSA) is 76.1 Å². The van der Waals surface area contributed by atoms with Gasteiger partial charge in [-0.15, -0.1) is 5.10 Å². The number of nitrogens with one attached hydrogen (secondary N) is 2. The van der Waals surface area contributed by atoms with E-state index in [1.165, 1.54) is 0 Å². The van der Waals surface area contributed by atoms with Gasteiger partial charge in [0.2, 0.25) is 0 Å². The van der Waals surface area contributed by atoms with Crippen LogP contribution in [0.1, 0.15) is 27.9 Å². The second-order valence-corrected chi connectivity index (χ2v) is 5.46. The van der Waals surface area contributed by atoms with Crippen LogP contribution in [0.15, 0.2) is 18.2 Å². The molecule has 0 saturated carbocycles. The summed E-state index contributed by atoms with van der Waals surface area (Å²) in [7, 11) is 0. The second-order valence-electron chi connectivity index (χ2n) is 4.70. The fraction of sp³-hybridized carbons (Fsp3) is 0.357. The van der Waals surface area contributed by atoms with Gasteiger partial charge in [-0.3, -0.25) is 4.79 Å². The maximum absolute atomic E-state index is 12.3. The molecule has 0 saturated heterocycles. The van der Waals surface area contributed by atoms with Crippen molar-refractivity contribution in [3.63, 3.8) is 0 Å². The highest BCUT2D eigenvalue weighted by Gasteiger charge is 2.16. The third-order valence-corrected chi connectivity index (χ3v) is 4.03. The molecule has 6 nitrogen and oxygen atoms in total. The van der Waals surface area contributed by atoms with Crippen molar-refractivity contribution in [1.82, 2.24) is 14.9 Å². The number of rotatable bonds is 3. The number of carbonyl (C=O) groups is 1. The maximum Gasteiger partial charge on any atom is 0.269 e. The number of anilines is 1. The van der Waals surface area contributed by atoms with Gasteiger partial charge < -0.3 is 15.4 Å². The normalized spacial score (nSPS) is 14.0. The van der Waals surface area contributed by atoms with Crippen molar-refractivity contribution in [1.29, 1.82) is 0 Å². The number of nitrogens with zero attached hydrogens (tertiary/aromatic N) is 2. The van der Waals surface area contributed by atoms with Crippen molar-refractivity contribution in [2.24, 2.45) is 0 Å². The van der Waals surface area contributed by atoms with Crippen LogP contribution in [-0.2, 0) is 13.0 Å². The lowest BCUT2D eigenvalue weighted by Gasteiger charge is -2.10. The summed E-state index contributed by atoms with van der Waals surface area (Å²) in [5.41, 5.74) is 2.53. The van der Waals surface area contributed by atoms with Gasteiger partial charge in [0, 0.05) is 24.3 Å². The molecule has 0 radical (unpaired) electrons. The zero-order valence-electron chi connectivity index (χ0n) is 11.7. The monoisotopic (exact) mass is 304 g/mol. The molecule has 0 spiro atoms. The average molecular weight is 304 g/mol. The van der Waals surface area contributed by atoms with Crippen LogP contribution >= 0.6 is 11.5 Å². The predicted octanol–water partition coefficient (Wildman–Crippen LogP) is 1.83. The van der Waals surface area contributed by atoms with Crippen molar-refractivity contribution in [3.05, 3.63) is 34.3 Å². The Hall–Kier alpha value is -1.99. The highest BCUT2D eigenvalue weighted by atomic mass is 32.1. The minimum absolute atomic E-state index is 0.163. The molecule has 2 aromatic rings. The summed E-state index contributed by atoms with van der Waals surface area (Å²) in [6.45, 7) is 4.17. The van der Waals surface area contributed by atoms with Crippen LogP contribution in [-0.4, -0.2) is 28.6 Å². The van der Waals surface area contributed by atoms with Crippen molar-refractivity contribution < 1.29 is 9.53 Å². The molecule has 21 heavy (non-hydrogen) atoms. The van der Waals surface area contributed by atoms with Gasteiger partial charge >= 0.3 is 0 Å². The molecule has 0 unspecified atom stereocenters. The number of benzene rings is 1. The highest BCUT2D eigenvalue weighted by molar-refractivity contribution is 7.08. The summed E-state index contributed by atoms with van der Waals surface area (Å²) in [6.07, 6.45) is 0.696. The maximum atomic E-state index is 12.3. The van der Waals surface area contributed by atoms with Crippen LogP contribution in [0, 0.1) is 0 Å². The largest absolute Gasteiger partial charge is 0.492 e. The summed E-state index contributed by atoms with van der Waals surface area (Å²) in [5.74, 6) is 0.705. The van der Waals surface area contributed by atoms with Gasteiger partial charge in [0.1, 0.15) is 17.2 Å². The van der Waals surface area contributed by atoms with Gasteiger partial charge in [0.25, 0.3) is 5.91 Å². The summed E-state index contributed by atoms with van der Waals surface area (Å²) >= 11 is 1.12. The van der Waals surface area contributed by atoms with E-state index in [-0.39, 0.29) is 5.91 Å². The first-order valence-corrected chi connectivity index (χ1v) is 7.64. The predicted molar refractivity (Wildman–Crippen MR) is 80.9 cm³/mol. The molecule has 1 amide bonds. The van der Waals surface area contributed by atoms with E-state index in [2.05, 4.69) is 20.2 Å². The second kappa shape index (κ2) is 6.19. The molecule has 2 heterocycles. The number of amides is 1. The van der Waals surface area contributed by atoms with E-state index in [0.29, 0.717) is 17.9 Å². The molecule has 3 rings (SSSR count). The van der Waals surface area contributed by atoms with Gasteiger partial charge in [-0.05, 0) is 36.2 Å². The lowest BCUT2D eigenvalue weighted by atomic mass is 10.1. The molecular formula is C14H16N4O2S. The Balaban J connectivity index is 1.79. The van der Waals surface area contributed by atoms with Gasteiger partial charge in [-0.1, -0.05) is 11.4 Å². The van der Waals surface area contributed by atoms with Gasteiger partial charge in [-0.25, -0.2) is 0 Å². The Labute approximate surface area is 126 Å². The average Bonchev–Trinajstić information content (AvgIpc) is 2.86. The lowest BCUT2D eigenvalue weighted by Crippen LogP contribution is -2.16. The number of aryl methyl sites for hydroxylation is 1. The van der Waals surface area contributed by atoms with Crippen LogP contribution in [0.5, 0.6) is 5.75 Å². The number of carbonyl (C=O) groups excluding carboxylic acids is 1. The van der Waals surface area contributed by atoms with Gasteiger partial charge in [0.15, 0.2) is 0 Å². The molecule has 7 heteroatoms. The number of fused-ring (bicyclic) bond motifs is 1. The van der Waals surface area contributed by atoms with E-state index in [1.807, 2.05) is 25.1 Å². The minimum atomic E-state index is -0.163. The number of aromatic nitrogens is 2. The number of hydrogen-bond donors (Lipinski definition) is 2. The molecule has 1 aromatic carbocycles. The smallest absolute Gasteiger partial charge is 0.269 e. The summed E-state index contributed by atoms with van der Waals surface area (Å²) in [6, 6.07) is 5.68. The van der Waals surface area contributed by atoms with Gasteiger partial charge in [-0.2, -0.15) is 0 Å². The van der Waals surface area contributed by atoms with E-state index in [4.69, 9.17) is 4.74 Å². The van der Waals surface area contributed by atoms with Crippen LogP contribution in [0.4, 0.5) is 5.69 Å². The molecular weight excluding hydrogens is 288 g/mol. The Morgan fingerprint density at radius 3 is 3.29 bits per heavy atom.